The number of hydrogen-bond acceptors (Lipinski definition) is 3. The maximum Gasteiger partial charge on any atom is 0.248 e. The van der Waals surface area contributed by atoms with Crippen molar-refractivity contribution in [2.45, 2.75) is 19.3 Å². The van der Waals surface area contributed by atoms with E-state index in [-0.39, 0.29) is 18.4 Å². The minimum absolute atomic E-state index is 0.181. The van der Waals surface area contributed by atoms with Crippen LogP contribution in [0.3, 0.4) is 0 Å². The number of carbonyl (C=O) groups excluding carboxylic acids is 2. The summed E-state index contributed by atoms with van der Waals surface area (Å²) in [6, 6.07) is 7.51. The summed E-state index contributed by atoms with van der Waals surface area (Å²) in [6.07, 6.45) is 1.84. The Morgan fingerprint density at radius 3 is 2.53 bits per heavy atom. The van der Waals surface area contributed by atoms with Gasteiger partial charge in [0.05, 0.1) is 0 Å². The molecule has 2 amide bonds. The average molecular weight is 285 g/mol. The number of nitrogens with one attached hydrogen (secondary N) is 2. The molecule has 5 nitrogen and oxygen atoms in total. The monoisotopic (exact) mass is 284 g/mol. The van der Waals surface area contributed by atoms with Crippen molar-refractivity contribution in [3.05, 3.63) is 34.9 Å². The third-order valence-corrected chi connectivity index (χ3v) is 2.70. The van der Waals surface area contributed by atoms with Gasteiger partial charge in [-0.1, -0.05) is 23.7 Å². The van der Waals surface area contributed by atoms with Gasteiger partial charge in [-0.2, -0.15) is 0 Å². The third-order valence-electron chi connectivity index (χ3n) is 2.45. The number of hydrogen-bond donors (Lipinski definition) is 2. The van der Waals surface area contributed by atoms with E-state index in [9.17, 15) is 9.59 Å². The fourth-order valence-electron chi connectivity index (χ4n) is 1.41. The Hall–Kier alpha value is -1.59. The number of aryl methyl sites for hydroxylation is 1. The first-order chi connectivity index (χ1) is 9.11. The molecule has 0 aliphatic carbocycles. The van der Waals surface area contributed by atoms with E-state index < -0.39 is 0 Å². The minimum atomic E-state index is -0.290. The average Bonchev–Trinajstić information content (AvgIpc) is 2.41. The predicted molar refractivity (Wildman–Crippen MR) is 72.6 cm³/mol. The summed E-state index contributed by atoms with van der Waals surface area (Å²) in [5.74, 6) is -0.528. The third kappa shape index (κ3) is 6.79. The van der Waals surface area contributed by atoms with Gasteiger partial charge in [0, 0.05) is 18.5 Å². The van der Waals surface area contributed by atoms with E-state index in [4.69, 9.17) is 16.4 Å². The molecule has 0 saturated carbocycles. The maximum atomic E-state index is 11.4. The Bertz CT molecular complexity index is 420. The van der Waals surface area contributed by atoms with Crippen molar-refractivity contribution in [2.24, 2.45) is 0 Å². The molecular formula is C13H17ClN2O3. The number of rotatable bonds is 7. The molecule has 1 rings (SSSR count). The van der Waals surface area contributed by atoms with Gasteiger partial charge >= 0.3 is 0 Å². The Morgan fingerprint density at radius 2 is 1.89 bits per heavy atom. The zero-order chi connectivity index (χ0) is 14.1. The summed E-state index contributed by atoms with van der Waals surface area (Å²) in [5.41, 5.74) is 3.35. The zero-order valence-electron chi connectivity index (χ0n) is 10.7. The molecule has 1 aromatic rings. The first kappa shape index (κ1) is 15.5. The lowest BCUT2D eigenvalue weighted by atomic mass is 10.1. The summed E-state index contributed by atoms with van der Waals surface area (Å²) in [6.45, 7) is -0.181. The van der Waals surface area contributed by atoms with E-state index in [0.29, 0.717) is 17.9 Å². The van der Waals surface area contributed by atoms with E-state index in [1.165, 1.54) is 7.05 Å². The van der Waals surface area contributed by atoms with E-state index in [0.717, 1.165) is 12.0 Å². The van der Waals surface area contributed by atoms with Crippen LogP contribution in [0.15, 0.2) is 24.3 Å². The summed E-state index contributed by atoms with van der Waals surface area (Å²) < 4.78 is 0. The van der Waals surface area contributed by atoms with Crippen molar-refractivity contribution in [1.82, 2.24) is 10.8 Å². The molecule has 0 fully saturated rings. The molecule has 0 aliphatic heterocycles. The largest absolute Gasteiger partial charge is 0.357 e. The van der Waals surface area contributed by atoms with Gasteiger partial charge in [0.2, 0.25) is 11.8 Å². The molecule has 6 heteroatoms. The van der Waals surface area contributed by atoms with Crippen LogP contribution in [0.4, 0.5) is 0 Å². The topological polar surface area (TPSA) is 67.4 Å². The van der Waals surface area contributed by atoms with Gasteiger partial charge < -0.3 is 5.32 Å². The highest BCUT2D eigenvalue weighted by Crippen LogP contribution is 2.11. The van der Waals surface area contributed by atoms with Crippen LogP contribution in [0.2, 0.25) is 5.02 Å². The molecule has 0 aliphatic rings. The first-order valence-electron chi connectivity index (χ1n) is 5.97. The summed E-state index contributed by atoms with van der Waals surface area (Å²) in [5, 5.41) is 3.08. The van der Waals surface area contributed by atoms with Crippen LogP contribution in [0.5, 0.6) is 0 Å². The van der Waals surface area contributed by atoms with Gasteiger partial charge in [-0.05, 0) is 30.5 Å². The van der Waals surface area contributed by atoms with Crippen LogP contribution in [-0.4, -0.2) is 25.5 Å². The van der Waals surface area contributed by atoms with Crippen molar-refractivity contribution in [1.29, 1.82) is 0 Å². The van der Waals surface area contributed by atoms with Crippen LogP contribution >= 0.6 is 11.6 Å². The lowest BCUT2D eigenvalue weighted by Crippen LogP contribution is -2.30. The summed E-state index contributed by atoms with van der Waals surface area (Å²) in [4.78, 5) is 26.9. The molecule has 0 atom stereocenters. The fraction of sp³-hybridized carbons (Fsp3) is 0.385. The Kier molecular flexibility index (Phi) is 6.92. The Balaban J connectivity index is 2.13. The molecule has 0 radical (unpaired) electrons. The highest BCUT2D eigenvalue weighted by atomic mass is 35.5. The number of amides is 2. The number of hydroxylamine groups is 1. The molecule has 1 aromatic carbocycles. The number of halogens is 1. The molecule has 0 heterocycles. The molecule has 2 N–H and O–H groups in total. The quantitative estimate of drug-likeness (QED) is 0.745. The zero-order valence-corrected chi connectivity index (χ0v) is 11.5. The molecule has 0 aromatic heterocycles. The van der Waals surface area contributed by atoms with E-state index in [2.05, 4.69) is 10.8 Å². The van der Waals surface area contributed by atoms with E-state index in [1.54, 1.807) is 0 Å². The van der Waals surface area contributed by atoms with Crippen LogP contribution in [-0.2, 0) is 20.8 Å². The standard InChI is InChI=1S/C13H17ClN2O3/c1-15-13(18)9-19-16-12(17)4-2-3-10-5-7-11(14)8-6-10/h5-8H,2-4,9H2,1H3,(H,15,18)(H,16,17). The lowest BCUT2D eigenvalue weighted by Gasteiger charge is -2.05. The molecule has 0 unspecified atom stereocenters. The Morgan fingerprint density at radius 1 is 1.21 bits per heavy atom. The van der Waals surface area contributed by atoms with Crippen molar-refractivity contribution >= 4 is 23.4 Å². The van der Waals surface area contributed by atoms with Crippen molar-refractivity contribution in [3.8, 4) is 0 Å². The van der Waals surface area contributed by atoms with E-state index in [1.807, 2.05) is 24.3 Å². The van der Waals surface area contributed by atoms with Crippen LogP contribution in [0, 0.1) is 0 Å². The van der Waals surface area contributed by atoms with Crippen molar-refractivity contribution < 1.29 is 14.4 Å². The van der Waals surface area contributed by atoms with Crippen molar-refractivity contribution in [2.75, 3.05) is 13.7 Å². The highest BCUT2D eigenvalue weighted by Gasteiger charge is 2.03. The normalized spacial score (nSPS) is 10.0. The van der Waals surface area contributed by atoms with Gasteiger partial charge in [0.25, 0.3) is 0 Å². The second kappa shape index (κ2) is 8.50. The first-order valence-corrected chi connectivity index (χ1v) is 6.35. The molecule has 19 heavy (non-hydrogen) atoms. The highest BCUT2D eigenvalue weighted by molar-refractivity contribution is 6.30. The molecule has 0 bridgehead atoms. The lowest BCUT2D eigenvalue weighted by molar-refractivity contribution is -0.139. The van der Waals surface area contributed by atoms with Gasteiger partial charge in [0.15, 0.2) is 6.61 Å². The van der Waals surface area contributed by atoms with Crippen LogP contribution < -0.4 is 10.8 Å². The van der Waals surface area contributed by atoms with Crippen molar-refractivity contribution in [3.63, 3.8) is 0 Å². The van der Waals surface area contributed by atoms with Gasteiger partial charge in [-0.3, -0.25) is 14.4 Å². The molecular weight excluding hydrogens is 268 g/mol. The maximum absolute atomic E-state index is 11.4. The predicted octanol–water partition coefficient (Wildman–Crippen LogP) is 1.46. The second-order valence-corrected chi connectivity index (χ2v) is 4.40. The summed E-state index contributed by atoms with van der Waals surface area (Å²) >= 11 is 5.78. The molecule has 104 valence electrons. The number of benzene rings is 1. The van der Waals surface area contributed by atoms with E-state index >= 15 is 0 Å². The van der Waals surface area contributed by atoms with Crippen LogP contribution in [0.1, 0.15) is 18.4 Å². The number of likely N-dealkylation sites (N-methyl/N-ethyl adjacent to an activating group) is 1. The van der Waals surface area contributed by atoms with Crippen LogP contribution in [0.25, 0.3) is 0 Å². The second-order valence-electron chi connectivity index (χ2n) is 3.97. The van der Waals surface area contributed by atoms with Gasteiger partial charge in [-0.25, -0.2) is 5.48 Å². The Labute approximate surface area is 117 Å². The number of carbonyl (C=O) groups is 2. The molecule has 0 spiro atoms. The minimum Gasteiger partial charge on any atom is -0.357 e. The SMILES string of the molecule is CNC(=O)CONC(=O)CCCc1ccc(Cl)cc1. The molecule has 0 saturated heterocycles. The smallest absolute Gasteiger partial charge is 0.248 e. The van der Waals surface area contributed by atoms with Gasteiger partial charge in [-0.15, -0.1) is 0 Å². The van der Waals surface area contributed by atoms with Gasteiger partial charge in [0.1, 0.15) is 0 Å². The fourth-order valence-corrected chi connectivity index (χ4v) is 1.54. The summed E-state index contributed by atoms with van der Waals surface area (Å²) in [7, 11) is 1.50.